The van der Waals surface area contributed by atoms with Crippen molar-refractivity contribution in [3.63, 3.8) is 0 Å². The summed E-state index contributed by atoms with van der Waals surface area (Å²) in [7, 11) is 9.77. The van der Waals surface area contributed by atoms with Gasteiger partial charge in [0.15, 0.2) is 12.6 Å². The Bertz CT molecular complexity index is 260. The minimum absolute atomic E-state index is 0.0321. The van der Waals surface area contributed by atoms with Crippen LogP contribution in [0.5, 0.6) is 0 Å². The first-order valence-electron chi connectivity index (χ1n) is 7.35. The number of hydrogen-bond donors (Lipinski definition) is 0. The van der Waals surface area contributed by atoms with Gasteiger partial charge in [0.2, 0.25) is 0 Å². The van der Waals surface area contributed by atoms with Crippen molar-refractivity contribution in [2.75, 3.05) is 42.7 Å². The lowest BCUT2D eigenvalue weighted by molar-refractivity contribution is -0.155. The molecule has 22 heavy (non-hydrogen) atoms. The van der Waals surface area contributed by atoms with Crippen molar-refractivity contribution < 1.29 is 28.4 Å². The fraction of sp³-hybridized carbons (Fsp3) is 0.875. The molecular formula is C16H32O6. The molecule has 0 amide bonds. The summed E-state index contributed by atoms with van der Waals surface area (Å²) in [5.41, 5.74) is 0. The molecule has 0 aliphatic heterocycles. The average molecular weight is 320 g/mol. The predicted molar refractivity (Wildman–Crippen MR) is 84.7 cm³/mol. The van der Waals surface area contributed by atoms with Crippen LogP contribution in [-0.4, -0.2) is 67.4 Å². The van der Waals surface area contributed by atoms with Gasteiger partial charge in [0.25, 0.3) is 0 Å². The van der Waals surface area contributed by atoms with Gasteiger partial charge in [-0.15, -0.1) is 0 Å². The van der Waals surface area contributed by atoms with Crippen molar-refractivity contribution in [2.24, 2.45) is 11.8 Å². The molecule has 4 unspecified atom stereocenters. The van der Waals surface area contributed by atoms with Crippen molar-refractivity contribution in [3.8, 4) is 0 Å². The molecule has 0 aromatic carbocycles. The molecule has 0 N–H and O–H groups in total. The van der Waals surface area contributed by atoms with Gasteiger partial charge in [-0.3, -0.25) is 0 Å². The maximum Gasteiger partial charge on any atom is 0.162 e. The molecule has 0 saturated carbocycles. The van der Waals surface area contributed by atoms with E-state index in [1.165, 1.54) is 0 Å². The van der Waals surface area contributed by atoms with Gasteiger partial charge >= 0.3 is 0 Å². The van der Waals surface area contributed by atoms with Crippen LogP contribution in [0.25, 0.3) is 0 Å². The van der Waals surface area contributed by atoms with Gasteiger partial charge in [0, 0.05) is 54.5 Å². The molecule has 132 valence electrons. The highest BCUT2D eigenvalue weighted by Crippen LogP contribution is 2.20. The quantitative estimate of drug-likeness (QED) is 0.405. The van der Waals surface area contributed by atoms with E-state index in [4.69, 9.17) is 28.4 Å². The van der Waals surface area contributed by atoms with Crippen LogP contribution in [0, 0.1) is 11.8 Å². The summed E-state index contributed by atoms with van der Waals surface area (Å²) in [5, 5.41) is 0. The number of methoxy groups -OCH3 is 6. The van der Waals surface area contributed by atoms with Crippen LogP contribution in [0.3, 0.4) is 0 Å². The molecule has 0 saturated heterocycles. The summed E-state index contributed by atoms with van der Waals surface area (Å²) < 4.78 is 32.2. The highest BCUT2D eigenvalue weighted by Gasteiger charge is 2.27. The molecule has 0 radical (unpaired) electrons. The largest absolute Gasteiger partial charge is 0.377 e. The van der Waals surface area contributed by atoms with E-state index >= 15 is 0 Å². The van der Waals surface area contributed by atoms with Gasteiger partial charge in [0.05, 0.1) is 12.2 Å². The second-order valence-electron chi connectivity index (χ2n) is 5.18. The molecule has 4 atom stereocenters. The van der Waals surface area contributed by atoms with Gasteiger partial charge in [-0.05, 0) is 0 Å². The van der Waals surface area contributed by atoms with E-state index in [1.807, 2.05) is 26.0 Å². The van der Waals surface area contributed by atoms with Crippen molar-refractivity contribution in [3.05, 3.63) is 12.2 Å². The lowest BCUT2D eigenvalue weighted by atomic mass is 9.99. The Morgan fingerprint density at radius 1 is 0.500 bits per heavy atom. The van der Waals surface area contributed by atoms with Crippen molar-refractivity contribution in [1.29, 1.82) is 0 Å². The second kappa shape index (κ2) is 12.0. The fourth-order valence-electron chi connectivity index (χ4n) is 2.52. The average Bonchev–Trinajstić information content (AvgIpc) is 2.53. The minimum Gasteiger partial charge on any atom is -0.377 e. The molecule has 0 bridgehead atoms. The van der Waals surface area contributed by atoms with E-state index in [0.29, 0.717) is 0 Å². The van der Waals surface area contributed by atoms with Gasteiger partial charge in [-0.1, -0.05) is 26.0 Å². The number of hydrogen-bond acceptors (Lipinski definition) is 6. The molecule has 0 aliphatic carbocycles. The molecule has 0 heterocycles. The van der Waals surface area contributed by atoms with Gasteiger partial charge in [0.1, 0.15) is 0 Å². The van der Waals surface area contributed by atoms with Crippen molar-refractivity contribution in [1.82, 2.24) is 0 Å². The molecular weight excluding hydrogens is 288 g/mol. The Morgan fingerprint density at radius 3 is 0.955 bits per heavy atom. The molecule has 0 aliphatic rings. The van der Waals surface area contributed by atoms with Gasteiger partial charge < -0.3 is 28.4 Å². The zero-order valence-electron chi connectivity index (χ0n) is 15.1. The molecule has 0 rings (SSSR count). The van der Waals surface area contributed by atoms with E-state index in [0.717, 1.165) is 0 Å². The second-order valence-corrected chi connectivity index (χ2v) is 5.18. The van der Waals surface area contributed by atoms with Crippen LogP contribution in [0.15, 0.2) is 12.2 Å². The van der Waals surface area contributed by atoms with Crippen LogP contribution >= 0.6 is 0 Å². The highest BCUT2D eigenvalue weighted by molar-refractivity contribution is 4.99. The van der Waals surface area contributed by atoms with E-state index in [2.05, 4.69) is 0 Å². The van der Waals surface area contributed by atoms with E-state index < -0.39 is 0 Å². The molecule has 6 heteroatoms. The van der Waals surface area contributed by atoms with Crippen LogP contribution in [0.2, 0.25) is 0 Å². The normalized spacial score (nSPS) is 18.1. The third-order valence-corrected chi connectivity index (χ3v) is 3.86. The monoisotopic (exact) mass is 320 g/mol. The zero-order valence-corrected chi connectivity index (χ0v) is 15.1. The first-order chi connectivity index (χ1) is 10.5. The Morgan fingerprint density at radius 2 is 0.773 bits per heavy atom. The SMILES string of the molecule is COC(/C=C/C(OC)C(C)C(OC)OC)C(C)C(OC)OC. The topological polar surface area (TPSA) is 55.4 Å². The minimum atomic E-state index is -0.335. The lowest BCUT2D eigenvalue weighted by Gasteiger charge is -2.28. The summed E-state index contributed by atoms with van der Waals surface area (Å²) in [5.74, 6) is 0.0643. The highest BCUT2D eigenvalue weighted by atomic mass is 16.7. The van der Waals surface area contributed by atoms with Gasteiger partial charge in [-0.2, -0.15) is 0 Å². The number of ether oxygens (including phenoxy) is 6. The maximum atomic E-state index is 5.52. The summed E-state index contributed by atoms with van der Waals surface area (Å²) in [6, 6.07) is 0. The molecule has 6 nitrogen and oxygen atoms in total. The Kier molecular flexibility index (Phi) is 11.7. The fourth-order valence-corrected chi connectivity index (χ4v) is 2.52. The Hall–Kier alpha value is -0.500. The zero-order chi connectivity index (χ0) is 17.1. The van der Waals surface area contributed by atoms with Crippen LogP contribution < -0.4 is 0 Å². The summed E-state index contributed by atoms with van der Waals surface area (Å²) in [6.07, 6.45) is 2.94. The van der Waals surface area contributed by atoms with Crippen LogP contribution in [-0.2, 0) is 28.4 Å². The maximum absolute atomic E-state index is 5.52. The first kappa shape index (κ1) is 21.5. The van der Waals surface area contributed by atoms with Crippen LogP contribution in [0.4, 0.5) is 0 Å². The van der Waals surface area contributed by atoms with E-state index in [-0.39, 0.29) is 36.6 Å². The van der Waals surface area contributed by atoms with E-state index in [9.17, 15) is 0 Å². The molecule has 0 aromatic rings. The van der Waals surface area contributed by atoms with E-state index in [1.54, 1.807) is 42.7 Å². The van der Waals surface area contributed by atoms with Crippen molar-refractivity contribution in [2.45, 2.75) is 38.6 Å². The Labute approximate surface area is 134 Å². The first-order valence-corrected chi connectivity index (χ1v) is 7.35. The predicted octanol–water partition coefficient (Wildman–Crippen LogP) is 2.08. The third-order valence-electron chi connectivity index (χ3n) is 3.86. The summed E-state index contributed by atoms with van der Waals surface area (Å²) >= 11 is 0. The van der Waals surface area contributed by atoms with Gasteiger partial charge in [-0.25, -0.2) is 0 Å². The smallest absolute Gasteiger partial charge is 0.162 e. The lowest BCUT2D eigenvalue weighted by Crippen LogP contribution is -2.34. The standard InChI is InChI=1S/C16H32O6/c1-11(15(19-5)20-6)13(17-3)9-10-14(18-4)12(2)16(21-7)22-8/h9-16H,1-8H3/b10-9+. The molecule has 0 fully saturated rings. The summed E-state index contributed by atoms with van der Waals surface area (Å²) in [6.45, 7) is 4.02. The third kappa shape index (κ3) is 6.32. The Balaban J connectivity index is 4.91. The van der Waals surface area contributed by atoms with Crippen LogP contribution in [0.1, 0.15) is 13.8 Å². The molecule has 0 aromatic heterocycles. The number of rotatable bonds is 12. The van der Waals surface area contributed by atoms with Crippen molar-refractivity contribution >= 4 is 0 Å². The summed E-state index contributed by atoms with van der Waals surface area (Å²) in [4.78, 5) is 0. The molecule has 0 spiro atoms.